The minimum Gasteiger partial charge on any atom is -0.268 e. The zero-order valence-electron chi connectivity index (χ0n) is 15.2. The number of hydrogen-bond acceptors (Lipinski definition) is 3. The second-order valence-corrected chi connectivity index (χ2v) is 6.52. The molecule has 0 unspecified atom stereocenters. The zero-order chi connectivity index (χ0) is 19.8. The Balaban J connectivity index is 1.89. The van der Waals surface area contributed by atoms with E-state index in [9.17, 15) is 9.18 Å². The van der Waals surface area contributed by atoms with E-state index in [1.807, 2.05) is 48.5 Å². The van der Waals surface area contributed by atoms with Gasteiger partial charge in [-0.05, 0) is 36.4 Å². The summed E-state index contributed by atoms with van der Waals surface area (Å²) in [6, 6.07) is 24.8. The van der Waals surface area contributed by atoms with Crippen molar-refractivity contribution >= 4 is 11.0 Å². The van der Waals surface area contributed by atoms with Gasteiger partial charge in [-0.15, -0.1) is 0 Å². The molecule has 140 valence electrons. The van der Waals surface area contributed by atoms with Crippen molar-refractivity contribution in [3.63, 3.8) is 0 Å². The van der Waals surface area contributed by atoms with Gasteiger partial charge in [0.05, 0.1) is 23.1 Å². The molecule has 0 atom stereocenters. The van der Waals surface area contributed by atoms with E-state index in [0.29, 0.717) is 16.7 Å². The Morgan fingerprint density at radius 3 is 2.07 bits per heavy atom. The van der Waals surface area contributed by atoms with Gasteiger partial charge < -0.3 is 0 Å². The van der Waals surface area contributed by atoms with Gasteiger partial charge in [-0.3, -0.25) is 9.36 Å². The molecule has 2 aromatic heterocycles. The van der Waals surface area contributed by atoms with Crippen molar-refractivity contribution in [1.29, 1.82) is 0 Å². The van der Waals surface area contributed by atoms with Crippen LogP contribution in [0, 0.1) is 5.82 Å². The van der Waals surface area contributed by atoms with Crippen LogP contribution in [-0.4, -0.2) is 19.3 Å². The van der Waals surface area contributed by atoms with Crippen LogP contribution in [0.25, 0.3) is 33.8 Å². The van der Waals surface area contributed by atoms with Crippen LogP contribution in [-0.2, 0) is 0 Å². The van der Waals surface area contributed by atoms with Gasteiger partial charge in [0.1, 0.15) is 11.2 Å². The molecule has 0 saturated heterocycles. The zero-order valence-corrected chi connectivity index (χ0v) is 15.2. The molecule has 0 radical (unpaired) electrons. The van der Waals surface area contributed by atoms with E-state index in [2.05, 4.69) is 5.10 Å². The summed E-state index contributed by atoms with van der Waals surface area (Å²) in [5.74, 6) is -0.223. The third-order valence-electron chi connectivity index (χ3n) is 4.73. The number of hydrogen-bond donors (Lipinski definition) is 0. The number of aromatic nitrogens is 4. The summed E-state index contributed by atoms with van der Waals surface area (Å²) in [6.45, 7) is 0. The summed E-state index contributed by atoms with van der Waals surface area (Å²) in [5.41, 5.74) is 1.70. The number of rotatable bonds is 3. The molecule has 0 amide bonds. The highest BCUT2D eigenvalue weighted by molar-refractivity contribution is 5.79. The lowest BCUT2D eigenvalue weighted by atomic mass is 10.1. The SMILES string of the molecule is O=c1c2cnn(-c3ccccc3)c2nc(-c2ccccc2F)n1-c1ccccc1. The fraction of sp³-hybridized carbons (Fsp3) is 0. The molecule has 0 saturated carbocycles. The van der Waals surface area contributed by atoms with Gasteiger partial charge in [-0.1, -0.05) is 48.5 Å². The van der Waals surface area contributed by atoms with Crippen molar-refractivity contribution in [3.05, 3.63) is 107 Å². The average Bonchev–Trinajstić information content (AvgIpc) is 3.20. The molecule has 0 spiro atoms. The summed E-state index contributed by atoms with van der Waals surface area (Å²) in [4.78, 5) is 18.1. The van der Waals surface area contributed by atoms with E-state index in [0.717, 1.165) is 5.69 Å². The summed E-state index contributed by atoms with van der Waals surface area (Å²) in [7, 11) is 0. The van der Waals surface area contributed by atoms with Crippen molar-refractivity contribution in [2.75, 3.05) is 0 Å². The summed E-state index contributed by atoms with van der Waals surface area (Å²) < 4.78 is 17.7. The van der Waals surface area contributed by atoms with E-state index in [1.54, 1.807) is 35.0 Å². The first-order valence-corrected chi connectivity index (χ1v) is 9.10. The molecule has 6 heteroatoms. The molecule has 0 aliphatic rings. The molecule has 5 nitrogen and oxygen atoms in total. The van der Waals surface area contributed by atoms with Crippen LogP contribution in [0.1, 0.15) is 0 Å². The number of benzene rings is 3. The topological polar surface area (TPSA) is 52.7 Å². The molecule has 29 heavy (non-hydrogen) atoms. The van der Waals surface area contributed by atoms with E-state index < -0.39 is 5.82 Å². The average molecular weight is 382 g/mol. The van der Waals surface area contributed by atoms with Crippen molar-refractivity contribution in [1.82, 2.24) is 19.3 Å². The molecule has 0 bridgehead atoms. The van der Waals surface area contributed by atoms with Crippen LogP contribution in [0.2, 0.25) is 0 Å². The third kappa shape index (κ3) is 2.82. The van der Waals surface area contributed by atoms with Gasteiger partial charge in [0.25, 0.3) is 5.56 Å². The first-order chi connectivity index (χ1) is 14.2. The predicted molar refractivity (Wildman–Crippen MR) is 110 cm³/mol. The maximum Gasteiger partial charge on any atom is 0.269 e. The van der Waals surface area contributed by atoms with Crippen molar-refractivity contribution in [3.8, 4) is 22.8 Å². The highest BCUT2D eigenvalue weighted by Gasteiger charge is 2.20. The number of para-hydroxylation sites is 2. The molecule has 5 rings (SSSR count). The second-order valence-electron chi connectivity index (χ2n) is 6.52. The fourth-order valence-electron chi connectivity index (χ4n) is 3.37. The molecule has 0 aliphatic heterocycles. The number of fused-ring (bicyclic) bond motifs is 1. The fourth-order valence-corrected chi connectivity index (χ4v) is 3.37. The minimum atomic E-state index is -0.450. The van der Waals surface area contributed by atoms with E-state index >= 15 is 0 Å². The first-order valence-electron chi connectivity index (χ1n) is 9.10. The Morgan fingerprint density at radius 2 is 1.38 bits per heavy atom. The monoisotopic (exact) mass is 382 g/mol. The Labute approximate surface area is 165 Å². The maximum absolute atomic E-state index is 14.7. The third-order valence-corrected chi connectivity index (χ3v) is 4.73. The molecule has 0 fully saturated rings. The van der Waals surface area contributed by atoms with E-state index in [4.69, 9.17) is 4.98 Å². The van der Waals surface area contributed by atoms with Crippen molar-refractivity contribution in [2.45, 2.75) is 0 Å². The van der Waals surface area contributed by atoms with Crippen molar-refractivity contribution < 1.29 is 4.39 Å². The lowest BCUT2D eigenvalue weighted by Gasteiger charge is -2.13. The Bertz CT molecular complexity index is 1370. The molecular weight excluding hydrogens is 367 g/mol. The van der Waals surface area contributed by atoms with Crippen LogP contribution in [0.3, 0.4) is 0 Å². The van der Waals surface area contributed by atoms with Gasteiger partial charge >= 0.3 is 0 Å². The predicted octanol–water partition coefficient (Wildman–Crippen LogP) is 4.38. The van der Waals surface area contributed by atoms with Crippen LogP contribution in [0.15, 0.2) is 95.9 Å². The molecule has 3 aromatic carbocycles. The Hall–Kier alpha value is -4.06. The molecule has 0 aliphatic carbocycles. The summed E-state index contributed by atoms with van der Waals surface area (Å²) >= 11 is 0. The minimum absolute atomic E-state index is 0.226. The van der Waals surface area contributed by atoms with Gasteiger partial charge in [-0.2, -0.15) is 5.10 Å². The van der Waals surface area contributed by atoms with Crippen LogP contribution >= 0.6 is 0 Å². The van der Waals surface area contributed by atoms with E-state index in [1.165, 1.54) is 16.8 Å². The van der Waals surface area contributed by atoms with Gasteiger partial charge in [0.2, 0.25) is 0 Å². The Morgan fingerprint density at radius 1 is 0.759 bits per heavy atom. The standard InChI is InChI=1S/C23H15FN4O/c24-20-14-8-7-13-18(20)21-26-22-19(15-25-28(22)17-11-5-2-6-12-17)23(29)27(21)16-9-3-1-4-10-16/h1-15H. The number of halogens is 1. The first kappa shape index (κ1) is 17.1. The second kappa shape index (κ2) is 6.83. The van der Waals surface area contributed by atoms with Crippen LogP contribution in [0.4, 0.5) is 4.39 Å². The lowest BCUT2D eigenvalue weighted by Crippen LogP contribution is -2.22. The largest absolute Gasteiger partial charge is 0.269 e. The highest BCUT2D eigenvalue weighted by Crippen LogP contribution is 2.25. The quantitative estimate of drug-likeness (QED) is 0.465. The van der Waals surface area contributed by atoms with Crippen LogP contribution in [0.5, 0.6) is 0 Å². The summed E-state index contributed by atoms with van der Waals surface area (Å²) in [5, 5.41) is 4.72. The normalized spacial score (nSPS) is 11.1. The summed E-state index contributed by atoms with van der Waals surface area (Å²) in [6.07, 6.45) is 1.50. The Kier molecular flexibility index (Phi) is 4.02. The molecule has 0 N–H and O–H groups in total. The van der Waals surface area contributed by atoms with Gasteiger partial charge in [-0.25, -0.2) is 14.1 Å². The van der Waals surface area contributed by atoms with E-state index in [-0.39, 0.29) is 16.9 Å². The highest BCUT2D eigenvalue weighted by atomic mass is 19.1. The molecule has 5 aromatic rings. The molecular formula is C23H15FN4O. The van der Waals surface area contributed by atoms with Gasteiger partial charge in [0.15, 0.2) is 11.5 Å². The van der Waals surface area contributed by atoms with Gasteiger partial charge in [0, 0.05) is 0 Å². The van der Waals surface area contributed by atoms with Crippen LogP contribution < -0.4 is 5.56 Å². The lowest BCUT2D eigenvalue weighted by molar-refractivity contribution is 0.629. The molecule has 2 heterocycles. The maximum atomic E-state index is 14.7. The number of nitrogens with zero attached hydrogens (tertiary/aromatic N) is 4. The van der Waals surface area contributed by atoms with Crippen molar-refractivity contribution in [2.24, 2.45) is 0 Å². The smallest absolute Gasteiger partial charge is 0.268 e.